The summed E-state index contributed by atoms with van der Waals surface area (Å²) in [7, 11) is 2.80. The van der Waals surface area contributed by atoms with Crippen LogP contribution in [0.4, 0.5) is 0 Å². The second kappa shape index (κ2) is 17.4. The van der Waals surface area contributed by atoms with Crippen molar-refractivity contribution < 1.29 is 38.9 Å². The van der Waals surface area contributed by atoms with E-state index in [0.717, 1.165) is 103 Å². The van der Waals surface area contributed by atoms with E-state index in [1.165, 1.54) is 52.7 Å². The maximum atomic E-state index is 13.9. The van der Waals surface area contributed by atoms with Crippen LogP contribution in [-0.4, -0.2) is 60.1 Å². The Bertz CT molecular complexity index is 1090. The van der Waals surface area contributed by atoms with E-state index in [1.54, 1.807) is 0 Å². The van der Waals surface area contributed by atoms with Gasteiger partial charge in [0.05, 0.1) is 37.3 Å². The molecule has 6 aliphatic carbocycles. The van der Waals surface area contributed by atoms with Gasteiger partial charge in [0.2, 0.25) is 0 Å². The Hall–Kier alpha value is -1.80. The lowest BCUT2D eigenvalue weighted by molar-refractivity contribution is -0.182. The second-order valence-corrected chi connectivity index (χ2v) is 17.2. The zero-order valence-electron chi connectivity index (χ0n) is 31.5. The van der Waals surface area contributed by atoms with E-state index < -0.39 is 33.9 Å². The van der Waals surface area contributed by atoms with Gasteiger partial charge in [0.25, 0.3) is 0 Å². The summed E-state index contributed by atoms with van der Waals surface area (Å²) in [5.41, 5.74) is -3.43. The van der Waals surface area contributed by atoms with E-state index >= 15 is 0 Å². The molecule has 6 aliphatic rings. The summed E-state index contributed by atoms with van der Waals surface area (Å²) in [6, 6.07) is 0. The molecule has 6 rings (SSSR count). The van der Waals surface area contributed by atoms with Crippen molar-refractivity contribution >= 4 is 23.5 Å². The molecule has 0 aromatic rings. The van der Waals surface area contributed by atoms with Crippen LogP contribution < -0.4 is 0 Å². The van der Waals surface area contributed by atoms with E-state index in [2.05, 4.69) is 0 Å². The van der Waals surface area contributed by atoms with Gasteiger partial charge in [-0.25, -0.2) is 0 Å². The van der Waals surface area contributed by atoms with Crippen LogP contribution >= 0.6 is 0 Å². The Labute approximate surface area is 301 Å². The van der Waals surface area contributed by atoms with Crippen LogP contribution in [0.15, 0.2) is 0 Å². The number of esters is 2. The standard InChI is InChI=1S/2C21H34O4/c2*1-25-19(24)20-13-7-5-3-2-4-6-8-14-21(18(20)23)16(12-15-20)10-9-11-17(21)22/h2*16-17,22H,2-15H2,1H3/t2*16-,17+,20+,21+/m11/s1. The van der Waals surface area contributed by atoms with Crippen LogP contribution in [0, 0.1) is 33.5 Å². The minimum atomic E-state index is -1.01. The first-order valence-electron chi connectivity index (χ1n) is 20.8. The summed E-state index contributed by atoms with van der Waals surface area (Å²) in [6.07, 6.45) is 25.3. The molecule has 0 unspecified atom stereocenters. The fraction of sp³-hybridized carbons (Fsp3) is 0.905. The van der Waals surface area contributed by atoms with E-state index in [-0.39, 0.29) is 35.3 Å². The highest BCUT2D eigenvalue weighted by Gasteiger charge is 2.65. The first-order chi connectivity index (χ1) is 24.2. The normalized spacial score (nSPS) is 40.3. The average Bonchev–Trinajstić information content (AvgIpc) is 3.12. The molecule has 0 aromatic carbocycles. The summed E-state index contributed by atoms with van der Waals surface area (Å²) < 4.78 is 10.3. The highest BCUT2D eigenvalue weighted by Crippen LogP contribution is 2.59. The average molecular weight is 701 g/mol. The number of rotatable bonds is 2. The van der Waals surface area contributed by atoms with E-state index in [0.29, 0.717) is 38.5 Å². The molecule has 6 fully saturated rings. The third-order valence-corrected chi connectivity index (χ3v) is 14.8. The molecule has 0 amide bonds. The van der Waals surface area contributed by atoms with E-state index in [9.17, 15) is 29.4 Å². The molecule has 50 heavy (non-hydrogen) atoms. The van der Waals surface area contributed by atoms with E-state index in [1.807, 2.05) is 0 Å². The number of Topliss-reactive ketones (excluding diaryl/α,β-unsaturated/α-hetero) is 2. The Balaban J connectivity index is 0.000000194. The van der Waals surface area contributed by atoms with Gasteiger partial charge in [0.1, 0.15) is 10.8 Å². The molecule has 0 heterocycles. The third kappa shape index (κ3) is 7.24. The number of hydrogen-bond donors (Lipinski definition) is 2. The Kier molecular flexibility index (Phi) is 13.7. The maximum Gasteiger partial charge on any atom is 0.319 e. The Morgan fingerprint density at radius 3 is 1.12 bits per heavy atom. The maximum absolute atomic E-state index is 13.9. The predicted molar refractivity (Wildman–Crippen MR) is 192 cm³/mol. The van der Waals surface area contributed by atoms with E-state index in [4.69, 9.17) is 9.47 Å². The molecular formula is C42H68O8. The highest BCUT2D eigenvalue weighted by atomic mass is 16.5. The monoisotopic (exact) mass is 700 g/mol. The topological polar surface area (TPSA) is 127 Å². The lowest BCUT2D eigenvalue weighted by Gasteiger charge is -2.54. The summed E-state index contributed by atoms with van der Waals surface area (Å²) >= 11 is 0. The highest BCUT2D eigenvalue weighted by molar-refractivity contribution is 6.08. The molecule has 8 heteroatoms. The summed E-state index contributed by atoms with van der Waals surface area (Å²) in [5.74, 6) is -0.184. The van der Waals surface area contributed by atoms with Gasteiger partial charge < -0.3 is 19.7 Å². The lowest BCUT2D eigenvalue weighted by atomic mass is 9.48. The number of aliphatic hydroxyl groups excluding tert-OH is 2. The molecule has 0 saturated heterocycles. The lowest BCUT2D eigenvalue weighted by Crippen LogP contribution is -2.61. The number of ether oxygens (including phenoxy) is 2. The van der Waals surface area contributed by atoms with Crippen molar-refractivity contribution in [3.63, 3.8) is 0 Å². The van der Waals surface area contributed by atoms with Gasteiger partial charge in [-0.1, -0.05) is 103 Å². The first-order valence-corrected chi connectivity index (χ1v) is 20.8. The molecule has 4 bridgehead atoms. The quantitative estimate of drug-likeness (QED) is 0.217. The van der Waals surface area contributed by atoms with Crippen molar-refractivity contribution in [3.8, 4) is 0 Å². The van der Waals surface area contributed by atoms with Crippen LogP contribution in [0.2, 0.25) is 0 Å². The summed E-state index contributed by atoms with van der Waals surface area (Å²) in [6.45, 7) is 0. The van der Waals surface area contributed by atoms with Gasteiger partial charge in [-0.05, 0) is 88.9 Å². The van der Waals surface area contributed by atoms with Gasteiger partial charge in [-0.3, -0.25) is 19.2 Å². The van der Waals surface area contributed by atoms with Gasteiger partial charge in [0.15, 0.2) is 11.6 Å². The number of carbonyl (C=O) groups excluding carboxylic acids is 4. The molecule has 8 atom stereocenters. The van der Waals surface area contributed by atoms with Crippen molar-refractivity contribution in [1.82, 2.24) is 0 Å². The van der Waals surface area contributed by atoms with Crippen molar-refractivity contribution in [2.75, 3.05) is 14.2 Å². The van der Waals surface area contributed by atoms with Crippen molar-refractivity contribution in [2.45, 2.75) is 192 Å². The van der Waals surface area contributed by atoms with Crippen molar-refractivity contribution in [2.24, 2.45) is 33.5 Å². The zero-order valence-corrected chi connectivity index (χ0v) is 31.5. The SMILES string of the molecule is COC(=O)[C@]12CCCCCCCCC[C@]3(C1=O)[C@H](CCC[C@@H]3O)CC2.COC(=O)[C@]12CCCCCCCCC[C@]3(C1=O)[C@H](CCC[C@@H]3O)CC2. The van der Waals surface area contributed by atoms with Crippen LogP contribution in [0.1, 0.15) is 180 Å². The number of carbonyl (C=O) groups is 4. The third-order valence-electron chi connectivity index (χ3n) is 14.8. The van der Waals surface area contributed by atoms with Gasteiger partial charge in [-0.2, -0.15) is 0 Å². The fourth-order valence-electron chi connectivity index (χ4n) is 12.0. The number of aliphatic hydroxyl groups is 2. The largest absolute Gasteiger partial charge is 0.468 e. The summed E-state index contributed by atoms with van der Waals surface area (Å²) in [4.78, 5) is 53.3. The predicted octanol–water partition coefficient (Wildman–Crippen LogP) is 8.36. The molecule has 0 aromatic heterocycles. The fourth-order valence-corrected chi connectivity index (χ4v) is 12.0. The van der Waals surface area contributed by atoms with Crippen LogP contribution in [0.3, 0.4) is 0 Å². The molecule has 2 N–H and O–H groups in total. The Morgan fingerprint density at radius 2 is 0.780 bits per heavy atom. The van der Waals surface area contributed by atoms with Crippen LogP contribution in [0.5, 0.6) is 0 Å². The molecule has 8 nitrogen and oxygen atoms in total. The van der Waals surface area contributed by atoms with Crippen molar-refractivity contribution in [1.29, 1.82) is 0 Å². The zero-order chi connectivity index (χ0) is 35.8. The molecular weight excluding hydrogens is 632 g/mol. The number of methoxy groups -OCH3 is 2. The van der Waals surface area contributed by atoms with Gasteiger partial charge >= 0.3 is 11.9 Å². The first kappa shape index (κ1) is 39.4. The summed E-state index contributed by atoms with van der Waals surface area (Å²) in [5, 5.41) is 22.0. The van der Waals surface area contributed by atoms with Crippen molar-refractivity contribution in [3.05, 3.63) is 0 Å². The van der Waals surface area contributed by atoms with Crippen LogP contribution in [0.25, 0.3) is 0 Å². The van der Waals surface area contributed by atoms with Gasteiger partial charge in [-0.15, -0.1) is 0 Å². The smallest absolute Gasteiger partial charge is 0.319 e. The number of ketones is 2. The molecule has 6 saturated carbocycles. The molecule has 0 aliphatic heterocycles. The second-order valence-electron chi connectivity index (χ2n) is 17.2. The molecule has 2 spiro atoms. The number of fused-ring (bicyclic) bond motifs is 2. The Morgan fingerprint density at radius 1 is 0.460 bits per heavy atom. The van der Waals surface area contributed by atoms with Crippen LogP contribution in [-0.2, 0) is 28.7 Å². The van der Waals surface area contributed by atoms with Gasteiger partial charge in [0, 0.05) is 0 Å². The number of hydrogen-bond acceptors (Lipinski definition) is 8. The molecule has 0 radical (unpaired) electrons. The minimum Gasteiger partial charge on any atom is -0.468 e. The molecule has 284 valence electrons. The minimum absolute atomic E-state index is 0.0240.